The van der Waals surface area contributed by atoms with Crippen LogP contribution < -0.4 is 0 Å². The largest absolute Gasteiger partial charge is 0.671 e. The molecule has 0 aromatic rings. The number of aliphatic hydroxyl groups is 3. The van der Waals surface area contributed by atoms with Crippen molar-refractivity contribution in [1.82, 2.24) is 4.90 Å². The number of aliphatic hydroxyl groups excluding tert-OH is 3. The molecule has 9 heteroatoms. The zero-order chi connectivity index (χ0) is 13.0. The van der Waals surface area contributed by atoms with Crippen LogP contribution in [0.25, 0.3) is 0 Å². The van der Waals surface area contributed by atoms with Gasteiger partial charge in [0.05, 0.1) is 26.7 Å². The Balaban J connectivity index is 0. The lowest BCUT2D eigenvalue weighted by Crippen LogP contribution is -2.38. The van der Waals surface area contributed by atoms with E-state index < -0.39 is 9.05 Å². The molecule has 0 heterocycles. The monoisotopic (exact) mass is 257 g/mol. The average Bonchev–Trinajstić information content (AvgIpc) is 2.23. The highest BCUT2D eigenvalue weighted by Crippen LogP contribution is 1.86. The highest BCUT2D eigenvalue weighted by molar-refractivity contribution is 6.48. The van der Waals surface area contributed by atoms with Crippen LogP contribution in [0.5, 0.6) is 0 Å². The maximum atomic E-state index is 8.31. The molecule has 0 atom stereocenters. The molecule has 98 valence electrons. The van der Waals surface area contributed by atoms with E-state index >= 15 is 0 Å². The summed E-state index contributed by atoms with van der Waals surface area (Å²) in [5.74, 6) is 0. The van der Waals surface area contributed by atoms with Gasteiger partial charge in [-0.15, -0.1) is 6.58 Å². The number of rotatable bonds is 7. The molecule has 0 aliphatic heterocycles. The minimum absolute atomic E-state index is 0.0406. The number of hydrogen-bond donors (Lipinski definition) is 6. The highest BCUT2D eigenvalue weighted by atomic mass is 28.4. The van der Waals surface area contributed by atoms with Crippen molar-refractivity contribution in [2.45, 2.75) is 0 Å². The summed E-state index contributed by atoms with van der Waals surface area (Å²) < 4.78 is 4.07. The minimum Gasteiger partial charge on any atom is -0.395 e. The van der Waals surface area contributed by atoms with Gasteiger partial charge in [-0.2, -0.15) is 0 Å². The predicted molar refractivity (Wildman–Crippen MR) is 56.5 cm³/mol. The summed E-state index contributed by atoms with van der Waals surface area (Å²) in [6.45, 7) is 3.03. The van der Waals surface area contributed by atoms with Crippen LogP contribution in [0.1, 0.15) is 0 Å². The molecule has 8 nitrogen and oxygen atoms in total. The Morgan fingerprint density at radius 2 is 1.62 bits per heavy atom. The first-order valence-corrected chi connectivity index (χ1v) is 6.13. The Labute approximate surface area is 94.8 Å². The van der Waals surface area contributed by atoms with Crippen LogP contribution in [0.4, 0.5) is 0 Å². The summed E-state index contributed by atoms with van der Waals surface area (Å²) in [6, 6.07) is 0. The van der Waals surface area contributed by atoms with Gasteiger partial charge in [0.25, 0.3) is 0 Å². The molecular formula is C7H19NO7Si. The van der Waals surface area contributed by atoms with Gasteiger partial charge in [0.2, 0.25) is 0 Å². The van der Waals surface area contributed by atoms with Crippen molar-refractivity contribution in [1.29, 1.82) is 0 Å². The Kier molecular flexibility index (Phi) is 12.5. The number of hydrogen-bond acceptors (Lipinski definition) is 8. The summed E-state index contributed by atoms with van der Waals surface area (Å²) in [6.07, 6.45) is 1.31. The van der Waals surface area contributed by atoms with Gasteiger partial charge in [-0.05, 0) is 0 Å². The van der Waals surface area contributed by atoms with Crippen LogP contribution in [-0.4, -0.2) is 76.9 Å². The van der Waals surface area contributed by atoms with E-state index in [1.54, 1.807) is 0 Å². The average molecular weight is 257 g/mol. The van der Waals surface area contributed by atoms with Crippen LogP contribution in [0, 0.1) is 0 Å². The molecule has 0 aromatic heterocycles. The van der Waals surface area contributed by atoms with Gasteiger partial charge in [-0.1, -0.05) is 6.08 Å². The lowest BCUT2D eigenvalue weighted by molar-refractivity contribution is 0.0184. The topological polar surface area (TPSA) is 134 Å². The van der Waals surface area contributed by atoms with Gasteiger partial charge in [0.15, 0.2) is 0 Å². The third kappa shape index (κ3) is 16.1. The van der Waals surface area contributed by atoms with Crippen LogP contribution in [-0.2, 0) is 4.43 Å². The Bertz CT molecular complexity index is 159. The first-order chi connectivity index (χ1) is 7.41. The van der Waals surface area contributed by atoms with Gasteiger partial charge in [-0.3, -0.25) is 4.90 Å². The fourth-order valence-electron chi connectivity index (χ4n) is 0.498. The maximum Gasteiger partial charge on any atom is 0.671 e. The maximum absolute atomic E-state index is 8.31. The molecular weight excluding hydrogens is 238 g/mol. The Morgan fingerprint density at radius 1 is 1.12 bits per heavy atom. The first-order valence-electron chi connectivity index (χ1n) is 4.38. The summed E-state index contributed by atoms with van der Waals surface area (Å²) in [4.78, 5) is 25.7. The molecule has 16 heavy (non-hydrogen) atoms. The third-order valence-corrected chi connectivity index (χ3v) is 1.77. The van der Waals surface area contributed by atoms with E-state index in [1.807, 2.05) is 0 Å². The predicted octanol–water partition coefficient (Wildman–Crippen LogP) is -3.22. The molecule has 0 aliphatic rings. The fourth-order valence-corrected chi connectivity index (χ4v) is 0.840. The van der Waals surface area contributed by atoms with Crippen LogP contribution in [0.2, 0.25) is 0 Å². The molecule has 0 saturated carbocycles. The zero-order valence-electron chi connectivity index (χ0n) is 8.86. The van der Waals surface area contributed by atoms with Gasteiger partial charge < -0.3 is 34.1 Å². The van der Waals surface area contributed by atoms with Crippen molar-refractivity contribution in [3.8, 4) is 0 Å². The fraction of sp³-hybridized carbons (Fsp3) is 0.714. The molecule has 6 N–H and O–H groups in total. The van der Waals surface area contributed by atoms with Crippen molar-refractivity contribution < 1.29 is 34.1 Å². The number of nitrogens with zero attached hydrogens (tertiary/aromatic N) is 1. The van der Waals surface area contributed by atoms with E-state index in [2.05, 4.69) is 11.0 Å². The quantitative estimate of drug-likeness (QED) is 0.159. The molecule has 0 unspecified atom stereocenters. The lowest BCUT2D eigenvalue weighted by Gasteiger charge is -2.12. The summed E-state index contributed by atoms with van der Waals surface area (Å²) in [5, 5.41) is 24.9. The smallest absolute Gasteiger partial charge is 0.395 e. The van der Waals surface area contributed by atoms with Gasteiger partial charge in [0, 0.05) is 6.54 Å². The SMILES string of the molecule is C=CCO[Si](O)(O)O.OCCN(CO)CO. The molecule has 0 saturated heterocycles. The Hall–Kier alpha value is -0.363. The van der Waals surface area contributed by atoms with Crippen molar-refractivity contribution >= 4 is 9.05 Å². The molecule has 0 amide bonds. The second-order valence-corrected chi connectivity index (χ2v) is 4.01. The van der Waals surface area contributed by atoms with Crippen molar-refractivity contribution in [3.05, 3.63) is 12.7 Å². The molecule has 0 rings (SSSR count). The molecule has 0 aromatic carbocycles. The molecule has 0 spiro atoms. The second-order valence-electron chi connectivity index (χ2n) is 2.57. The standard InChI is InChI=1S/C4H11NO3.C3H8O4Si/c6-2-1-5(3-7)4-8;1-2-3-7-8(4,5)6/h6-8H,1-4H2;2,4-6H,1,3H2. The van der Waals surface area contributed by atoms with Crippen molar-refractivity contribution in [2.24, 2.45) is 0 Å². The van der Waals surface area contributed by atoms with E-state index in [0.717, 1.165) is 0 Å². The Morgan fingerprint density at radius 3 is 1.75 bits per heavy atom. The summed E-state index contributed by atoms with van der Waals surface area (Å²) in [5.41, 5.74) is 0. The second kappa shape index (κ2) is 11.1. The summed E-state index contributed by atoms with van der Waals surface area (Å²) in [7, 11) is -4.25. The molecule has 0 bridgehead atoms. The van der Waals surface area contributed by atoms with E-state index in [9.17, 15) is 0 Å². The minimum atomic E-state index is -4.25. The van der Waals surface area contributed by atoms with Gasteiger partial charge in [0.1, 0.15) is 0 Å². The molecule has 0 radical (unpaired) electrons. The highest BCUT2D eigenvalue weighted by Gasteiger charge is 2.29. The van der Waals surface area contributed by atoms with Crippen LogP contribution in [0.3, 0.4) is 0 Å². The van der Waals surface area contributed by atoms with Crippen molar-refractivity contribution in [3.63, 3.8) is 0 Å². The zero-order valence-corrected chi connectivity index (χ0v) is 9.86. The molecule has 0 fully saturated rings. The first kappa shape index (κ1) is 18.0. The van der Waals surface area contributed by atoms with Gasteiger partial charge >= 0.3 is 9.05 Å². The normalized spacial score (nSPS) is 10.9. The van der Waals surface area contributed by atoms with E-state index in [1.165, 1.54) is 11.0 Å². The van der Waals surface area contributed by atoms with Crippen molar-refractivity contribution in [2.75, 3.05) is 33.2 Å². The van der Waals surface area contributed by atoms with Crippen LogP contribution in [0.15, 0.2) is 12.7 Å². The summed E-state index contributed by atoms with van der Waals surface area (Å²) >= 11 is 0. The molecule has 0 aliphatic carbocycles. The third-order valence-electron chi connectivity index (χ3n) is 1.21. The lowest BCUT2D eigenvalue weighted by atomic mass is 10.6. The van der Waals surface area contributed by atoms with E-state index in [0.29, 0.717) is 6.54 Å². The van der Waals surface area contributed by atoms with E-state index in [-0.39, 0.29) is 26.7 Å². The van der Waals surface area contributed by atoms with E-state index in [4.69, 9.17) is 29.7 Å². The van der Waals surface area contributed by atoms with Gasteiger partial charge in [-0.25, -0.2) is 0 Å². The van der Waals surface area contributed by atoms with Crippen LogP contribution >= 0.6 is 0 Å².